The van der Waals surface area contributed by atoms with Crippen molar-refractivity contribution in [3.8, 4) is 0 Å². The molecular weight excluding hydrogens is 256 g/mol. The highest BCUT2D eigenvalue weighted by molar-refractivity contribution is 5.93. The van der Waals surface area contributed by atoms with Crippen molar-refractivity contribution < 1.29 is 9.90 Å². The van der Waals surface area contributed by atoms with Gasteiger partial charge in [-0.1, -0.05) is 0 Å². The molecule has 1 atom stereocenters. The molecule has 0 aromatic carbocycles. The molecule has 2 rings (SSSR count). The number of nitrogens with two attached hydrogens (primary N) is 1. The summed E-state index contributed by atoms with van der Waals surface area (Å²) in [6, 6.07) is 4.14. The first-order valence-electron chi connectivity index (χ1n) is 7.05. The zero-order valence-corrected chi connectivity index (χ0v) is 11.6. The molecule has 6 heteroatoms. The summed E-state index contributed by atoms with van der Waals surface area (Å²) in [5.41, 5.74) is 3.51. The highest BCUT2D eigenvalue weighted by atomic mass is 16.2. The van der Waals surface area contributed by atoms with Crippen LogP contribution in [0.5, 0.6) is 0 Å². The lowest BCUT2D eigenvalue weighted by Gasteiger charge is -2.23. The first-order valence-corrected chi connectivity index (χ1v) is 7.05. The number of nitrogen functional groups attached to an aromatic ring is 1. The van der Waals surface area contributed by atoms with E-state index in [-0.39, 0.29) is 12.5 Å². The van der Waals surface area contributed by atoms with Crippen molar-refractivity contribution in [1.82, 2.24) is 15.3 Å². The van der Waals surface area contributed by atoms with Gasteiger partial charge in [-0.2, -0.15) is 0 Å². The van der Waals surface area contributed by atoms with Gasteiger partial charge in [-0.25, -0.2) is 5.84 Å². The van der Waals surface area contributed by atoms with E-state index < -0.39 is 0 Å². The molecule has 0 spiro atoms. The summed E-state index contributed by atoms with van der Waals surface area (Å²) >= 11 is 0. The van der Waals surface area contributed by atoms with Gasteiger partial charge in [-0.05, 0) is 44.4 Å². The van der Waals surface area contributed by atoms with Gasteiger partial charge >= 0.3 is 0 Å². The van der Waals surface area contributed by atoms with Crippen molar-refractivity contribution in [3.63, 3.8) is 0 Å². The molecule has 1 aromatic rings. The Kier molecular flexibility index (Phi) is 5.46. The smallest absolute Gasteiger partial charge is 0.266 e. The maximum absolute atomic E-state index is 11.3. The van der Waals surface area contributed by atoms with Crippen LogP contribution in [-0.2, 0) is 6.54 Å². The van der Waals surface area contributed by atoms with E-state index in [1.54, 1.807) is 12.3 Å². The number of hydrogen-bond donors (Lipinski definition) is 3. The number of amides is 1. The number of rotatable bonds is 6. The number of aliphatic hydroxyl groups excluding tert-OH is 1. The predicted octanol–water partition coefficient (Wildman–Crippen LogP) is 0.422. The summed E-state index contributed by atoms with van der Waals surface area (Å²) in [6.45, 7) is 2.12. The fourth-order valence-electron chi connectivity index (χ4n) is 2.70. The molecule has 4 N–H and O–H groups in total. The minimum Gasteiger partial charge on any atom is -0.396 e. The molecule has 1 aliphatic rings. The molecule has 6 nitrogen and oxygen atoms in total. The van der Waals surface area contributed by atoms with Gasteiger partial charge < -0.3 is 5.11 Å². The number of pyridine rings is 1. The predicted molar refractivity (Wildman–Crippen MR) is 75.6 cm³/mol. The highest BCUT2D eigenvalue weighted by Gasteiger charge is 2.24. The lowest BCUT2D eigenvalue weighted by Crippen LogP contribution is -2.31. The van der Waals surface area contributed by atoms with Crippen LogP contribution in [-0.4, -0.2) is 40.1 Å². The van der Waals surface area contributed by atoms with Gasteiger partial charge in [0.05, 0.1) is 11.3 Å². The van der Waals surface area contributed by atoms with E-state index in [2.05, 4.69) is 15.3 Å². The van der Waals surface area contributed by atoms with Crippen molar-refractivity contribution in [2.24, 2.45) is 5.84 Å². The Balaban J connectivity index is 1.93. The molecule has 1 saturated heterocycles. The molecule has 1 fully saturated rings. The lowest BCUT2D eigenvalue weighted by molar-refractivity contribution is 0.0953. The number of aromatic nitrogens is 1. The Hall–Kier alpha value is -1.50. The molecule has 0 aliphatic carbocycles. The van der Waals surface area contributed by atoms with Gasteiger partial charge in [0.2, 0.25) is 0 Å². The monoisotopic (exact) mass is 278 g/mol. The van der Waals surface area contributed by atoms with Gasteiger partial charge in [0.15, 0.2) is 0 Å². The number of hydrogen-bond acceptors (Lipinski definition) is 5. The van der Waals surface area contributed by atoms with Gasteiger partial charge in [0.25, 0.3) is 5.91 Å². The van der Waals surface area contributed by atoms with E-state index in [1.807, 2.05) is 6.07 Å². The zero-order valence-electron chi connectivity index (χ0n) is 11.6. The summed E-state index contributed by atoms with van der Waals surface area (Å²) in [5.74, 6) is 4.76. The minimum absolute atomic E-state index is 0.255. The highest BCUT2D eigenvalue weighted by Crippen LogP contribution is 2.22. The second kappa shape index (κ2) is 7.33. The van der Waals surface area contributed by atoms with E-state index in [0.29, 0.717) is 11.6 Å². The second-order valence-electron chi connectivity index (χ2n) is 5.14. The van der Waals surface area contributed by atoms with E-state index in [1.165, 1.54) is 12.8 Å². The van der Waals surface area contributed by atoms with Crippen LogP contribution in [0.15, 0.2) is 18.3 Å². The van der Waals surface area contributed by atoms with Crippen molar-refractivity contribution in [2.45, 2.75) is 38.3 Å². The van der Waals surface area contributed by atoms with Gasteiger partial charge in [0, 0.05) is 25.4 Å². The number of carbonyl (C=O) groups excluding carboxylic acids is 1. The number of hydrazine groups is 1. The molecule has 0 saturated carbocycles. The number of likely N-dealkylation sites (tertiary alicyclic amines) is 1. The van der Waals surface area contributed by atoms with Crippen molar-refractivity contribution in [3.05, 3.63) is 29.6 Å². The van der Waals surface area contributed by atoms with Gasteiger partial charge in [-0.3, -0.25) is 20.1 Å². The fraction of sp³-hybridized carbons (Fsp3) is 0.571. The maximum Gasteiger partial charge on any atom is 0.266 e. The molecule has 1 aromatic heterocycles. The van der Waals surface area contributed by atoms with Crippen LogP contribution in [0.4, 0.5) is 0 Å². The fourth-order valence-corrected chi connectivity index (χ4v) is 2.70. The van der Waals surface area contributed by atoms with Crippen LogP contribution in [0, 0.1) is 0 Å². The molecule has 1 unspecified atom stereocenters. The standard InChI is InChI=1S/C14H22N4O2/c15-17-14(20)11-5-6-12(16-9-11)10-18-7-1-3-13(18)4-2-8-19/h5-6,9,13,19H,1-4,7-8,10,15H2,(H,17,20). The third kappa shape index (κ3) is 3.75. The largest absolute Gasteiger partial charge is 0.396 e. The first kappa shape index (κ1) is 14.9. The Labute approximate surface area is 119 Å². The van der Waals surface area contributed by atoms with Crippen molar-refractivity contribution in [2.75, 3.05) is 13.2 Å². The average Bonchev–Trinajstić information content (AvgIpc) is 2.92. The summed E-state index contributed by atoms with van der Waals surface area (Å²) in [6.07, 6.45) is 5.82. The Bertz CT molecular complexity index is 435. The van der Waals surface area contributed by atoms with Crippen molar-refractivity contribution in [1.29, 1.82) is 0 Å². The second-order valence-corrected chi connectivity index (χ2v) is 5.14. The molecule has 110 valence electrons. The number of nitrogens with one attached hydrogen (secondary N) is 1. The van der Waals surface area contributed by atoms with E-state index in [0.717, 1.165) is 31.6 Å². The summed E-state index contributed by atoms with van der Waals surface area (Å²) < 4.78 is 0. The molecular formula is C14H22N4O2. The zero-order chi connectivity index (χ0) is 14.4. The summed E-state index contributed by atoms with van der Waals surface area (Å²) in [5, 5.41) is 8.93. The molecule has 0 radical (unpaired) electrons. The minimum atomic E-state index is -0.328. The lowest BCUT2D eigenvalue weighted by atomic mass is 10.1. The third-order valence-corrected chi connectivity index (χ3v) is 3.78. The van der Waals surface area contributed by atoms with Crippen LogP contribution in [0.25, 0.3) is 0 Å². The molecule has 0 bridgehead atoms. The Morgan fingerprint density at radius 2 is 2.40 bits per heavy atom. The maximum atomic E-state index is 11.3. The Morgan fingerprint density at radius 1 is 1.55 bits per heavy atom. The molecule has 2 heterocycles. The third-order valence-electron chi connectivity index (χ3n) is 3.78. The first-order chi connectivity index (χ1) is 9.74. The number of nitrogens with zero attached hydrogens (tertiary/aromatic N) is 2. The molecule has 1 aliphatic heterocycles. The molecule has 20 heavy (non-hydrogen) atoms. The van der Waals surface area contributed by atoms with Crippen LogP contribution in [0.2, 0.25) is 0 Å². The summed E-state index contributed by atoms with van der Waals surface area (Å²) in [4.78, 5) is 18.1. The average molecular weight is 278 g/mol. The van der Waals surface area contributed by atoms with Crippen molar-refractivity contribution >= 4 is 5.91 Å². The van der Waals surface area contributed by atoms with Gasteiger partial charge in [0.1, 0.15) is 0 Å². The van der Waals surface area contributed by atoms with Crippen LogP contribution in [0.1, 0.15) is 41.7 Å². The SMILES string of the molecule is NNC(=O)c1ccc(CN2CCCC2CCCO)nc1. The number of aliphatic hydroxyl groups is 1. The Morgan fingerprint density at radius 3 is 3.05 bits per heavy atom. The van der Waals surface area contributed by atoms with Crippen LogP contribution >= 0.6 is 0 Å². The normalized spacial score (nSPS) is 19.2. The van der Waals surface area contributed by atoms with Crippen LogP contribution < -0.4 is 11.3 Å². The van der Waals surface area contributed by atoms with E-state index in [9.17, 15) is 4.79 Å². The van der Waals surface area contributed by atoms with Gasteiger partial charge in [-0.15, -0.1) is 0 Å². The summed E-state index contributed by atoms with van der Waals surface area (Å²) in [7, 11) is 0. The topological polar surface area (TPSA) is 91.5 Å². The quantitative estimate of drug-likeness (QED) is 0.398. The molecule has 1 amide bonds. The van der Waals surface area contributed by atoms with E-state index >= 15 is 0 Å². The van der Waals surface area contributed by atoms with E-state index in [4.69, 9.17) is 10.9 Å². The van der Waals surface area contributed by atoms with Crippen LogP contribution in [0.3, 0.4) is 0 Å². The number of carbonyl (C=O) groups is 1.